The molecule has 13 heteroatoms. The Morgan fingerprint density at radius 1 is 0.925 bits per heavy atom. The first-order chi connectivity index (χ1) is 19.2. The molecule has 1 unspecified atom stereocenters. The summed E-state index contributed by atoms with van der Waals surface area (Å²) < 4.78 is 43.5. The molecule has 0 fully saturated rings. The normalized spacial score (nSPS) is 11.5. The van der Waals surface area contributed by atoms with Crippen molar-refractivity contribution in [2.75, 3.05) is 22.9 Å². The zero-order valence-corrected chi connectivity index (χ0v) is 24.4. The van der Waals surface area contributed by atoms with Gasteiger partial charge < -0.3 is 9.50 Å². The molecule has 0 aromatic heterocycles. The Morgan fingerprint density at radius 2 is 1.50 bits per heavy atom. The zero-order chi connectivity index (χ0) is 29.4. The van der Waals surface area contributed by atoms with E-state index >= 15 is 0 Å². The van der Waals surface area contributed by atoms with Gasteiger partial charge in [0.2, 0.25) is 21.1 Å². The van der Waals surface area contributed by atoms with Gasteiger partial charge in [0.1, 0.15) is 12.1 Å². The Hall–Kier alpha value is -3.81. The Kier molecular flexibility index (Phi) is 13.8. The van der Waals surface area contributed by atoms with Gasteiger partial charge in [-0.1, -0.05) is 58.3 Å². The number of carbonyl (C=O) groups is 1. The average molecular weight is 589 g/mol. The molecule has 0 bridgehead atoms. The molecule has 0 spiro atoms. The summed E-state index contributed by atoms with van der Waals surface area (Å²) in [6.07, 6.45) is 11.6. The van der Waals surface area contributed by atoms with E-state index < -0.39 is 27.1 Å². The molecule has 2 amide bonds. The monoisotopic (exact) mass is 588 g/mol. The van der Waals surface area contributed by atoms with Gasteiger partial charge in [0.05, 0.1) is 28.0 Å². The van der Waals surface area contributed by atoms with Gasteiger partial charge in [-0.3, -0.25) is 15.6 Å². The number of nitrogens with zero attached hydrogens (tertiary/aromatic N) is 2. The molecule has 216 valence electrons. The second-order valence-electron chi connectivity index (χ2n) is 9.17. The highest BCUT2D eigenvalue weighted by atomic mass is 32.2. The largest absolute Gasteiger partial charge is 0.395 e. The summed E-state index contributed by atoms with van der Waals surface area (Å²) in [7, 11) is -3.47. The van der Waals surface area contributed by atoms with Crippen LogP contribution in [-0.2, 0) is 21.1 Å². The topological polar surface area (TPSA) is 173 Å². The summed E-state index contributed by atoms with van der Waals surface area (Å²) in [6, 6.07) is 11.6. The number of sulfonamides is 1. The molecular formula is C27H36N6O5S2. The Balaban J connectivity index is 1.94. The molecule has 0 heterocycles. The van der Waals surface area contributed by atoms with Crippen molar-refractivity contribution in [3.8, 4) is 17.9 Å². The fraction of sp³-hybridized carbons (Fsp3) is 0.444. The lowest BCUT2D eigenvalue weighted by atomic mass is 10.1. The lowest BCUT2D eigenvalue weighted by molar-refractivity contribution is 0.242. The summed E-state index contributed by atoms with van der Waals surface area (Å²) in [4.78, 5) is 12.5. The Labute approximate surface area is 239 Å². The van der Waals surface area contributed by atoms with Crippen molar-refractivity contribution < 1.29 is 21.6 Å². The van der Waals surface area contributed by atoms with Crippen LogP contribution >= 0.6 is 0 Å². The molecule has 0 aliphatic heterocycles. The second kappa shape index (κ2) is 17.0. The highest BCUT2D eigenvalue weighted by Gasteiger charge is 2.16. The van der Waals surface area contributed by atoms with Crippen LogP contribution in [-0.4, -0.2) is 31.5 Å². The predicted molar refractivity (Wildman–Crippen MR) is 155 cm³/mol. The minimum absolute atomic E-state index is 0.00238. The van der Waals surface area contributed by atoms with Crippen molar-refractivity contribution in [3.05, 3.63) is 47.5 Å². The SMILES string of the molecule is CCCCCCCCCCCNC(=O)NNc1cc(C#N)c(C#N)cc1OS(=O)c1ccc(NS(C)(=O)=O)cc1. The quantitative estimate of drug-likeness (QED) is 0.147. The molecular weight excluding hydrogens is 552 g/mol. The van der Waals surface area contributed by atoms with E-state index in [4.69, 9.17) is 4.18 Å². The minimum atomic E-state index is -3.47. The third-order valence-electron chi connectivity index (χ3n) is 5.75. The van der Waals surface area contributed by atoms with E-state index in [-0.39, 0.29) is 33.1 Å². The first-order valence-corrected chi connectivity index (χ1v) is 16.1. The number of amides is 2. The van der Waals surface area contributed by atoms with Crippen LogP contribution in [0.1, 0.15) is 75.8 Å². The number of rotatable bonds is 17. The van der Waals surface area contributed by atoms with Gasteiger partial charge >= 0.3 is 6.03 Å². The molecule has 2 aromatic rings. The lowest BCUT2D eigenvalue weighted by Gasteiger charge is -2.15. The molecule has 2 rings (SSSR count). The van der Waals surface area contributed by atoms with E-state index in [1.807, 2.05) is 12.1 Å². The third kappa shape index (κ3) is 11.9. The van der Waals surface area contributed by atoms with Gasteiger partial charge in [0.15, 0.2) is 5.75 Å². The first kappa shape index (κ1) is 32.4. The average Bonchev–Trinajstić information content (AvgIpc) is 2.92. The highest BCUT2D eigenvalue weighted by Crippen LogP contribution is 2.30. The molecule has 0 saturated carbocycles. The fourth-order valence-corrected chi connectivity index (χ4v) is 5.03. The first-order valence-electron chi connectivity index (χ1n) is 13.1. The van der Waals surface area contributed by atoms with Crippen molar-refractivity contribution in [1.29, 1.82) is 10.5 Å². The smallest absolute Gasteiger partial charge is 0.333 e. The Bertz CT molecular complexity index is 1330. The molecule has 0 saturated heterocycles. The van der Waals surface area contributed by atoms with Crippen molar-refractivity contribution in [1.82, 2.24) is 10.7 Å². The van der Waals surface area contributed by atoms with Gasteiger partial charge in [-0.05, 0) is 36.8 Å². The maximum Gasteiger partial charge on any atom is 0.333 e. The molecule has 2 aromatic carbocycles. The van der Waals surface area contributed by atoms with Crippen molar-refractivity contribution >= 4 is 38.5 Å². The van der Waals surface area contributed by atoms with Gasteiger partial charge in [-0.2, -0.15) is 10.5 Å². The van der Waals surface area contributed by atoms with Crippen LogP contribution in [0.25, 0.3) is 0 Å². The van der Waals surface area contributed by atoms with Crippen LogP contribution in [0.4, 0.5) is 16.2 Å². The van der Waals surface area contributed by atoms with Crippen molar-refractivity contribution in [2.45, 2.75) is 69.6 Å². The maximum absolute atomic E-state index is 12.8. The number of benzene rings is 2. The van der Waals surface area contributed by atoms with Gasteiger partial charge in [-0.15, -0.1) is 0 Å². The van der Waals surface area contributed by atoms with Gasteiger partial charge in [0, 0.05) is 18.3 Å². The summed E-state index contributed by atoms with van der Waals surface area (Å²) in [5.74, 6) is -0.0357. The van der Waals surface area contributed by atoms with E-state index in [9.17, 15) is 27.9 Å². The van der Waals surface area contributed by atoms with E-state index in [2.05, 4.69) is 27.8 Å². The number of anilines is 2. The molecule has 4 N–H and O–H groups in total. The molecule has 0 aliphatic carbocycles. The van der Waals surface area contributed by atoms with Crippen molar-refractivity contribution in [2.24, 2.45) is 0 Å². The Morgan fingerprint density at radius 3 is 2.08 bits per heavy atom. The number of unbranched alkanes of at least 4 members (excludes halogenated alkanes) is 8. The van der Waals surface area contributed by atoms with Crippen molar-refractivity contribution in [3.63, 3.8) is 0 Å². The summed E-state index contributed by atoms with van der Waals surface area (Å²) in [5.41, 5.74) is 5.57. The molecule has 1 atom stereocenters. The summed E-state index contributed by atoms with van der Waals surface area (Å²) in [5, 5.41) is 21.5. The van der Waals surface area contributed by atoms with E-state index in [0.717, 1.165) is 25.5 Å². The predicted octanol–water partition coefficient (Wildman–Crippen LogP) is 5.06. The summed E-state index contributed by atoms with van der Waals surface area (Å²) in [6.45, 7) is 2.70. The number of hydrogen-bond acceptors (Lipinski definition) is 8. The second-order valence-corrected chi connectivity index (χ2v) is 12.0. The maximum atomic E-state index is 12.8. The van der Waals surface area contributed by atoms with Crippen LogP contribution in [0.2, 0.25) is 0 Å². The number of nitriles is 2. The zero-order valence-electron chi connectivity index (χ0n) is 22.8. The third-order valence-corrected chi connectivity index (χ3v) is 7.35. The van der Waals surface area contributed by atoms with Crippen LogP contribution < -0.4 is 25.1 Å². The standard InChI is InChI=1S/C27H36N6O5S2/c1-3-4-5-6-7-8-9-10-11-16-30-27(34)32-31-25-17-21(19-28)22(20-29)18-26(25)38-39(35)24-14-12-23(13-15-24)33-40(2,36)37/h12-15,17-18,31,33H,3-11,16H2,1-2H3,(H2,30,32,34). The number of carbonyl (C=O) groups excluding carboxylic acids is 1. The number of hydrazine groups is 1. The number of hydrogen-bond donors (Lipinski definition) is 4. The number of urea groups is 1. The molecule has 40 heavy (non-hydrogen) atoms. The number of nitrogens with one attached hydrogen (secondary N) is 4. The van der Waals surface area contributed by atoms with Crippen LogP contribution in [0.15, 0.2) is 41.3 Å². The van der Waals surface area contributed by atoms with Crippen LogP contribution in [0, 0.1) is 22.7 Å². The fourth-order valence-electron chi connectivity index (χ4n) is 3.72. The van der Waals surface area contributed by atoms with Gasteiger partial charge in [0.25, 0.3) is 0 Å². The molecule has 11 nitrogen and oxygen atoms in total. The summed E-state index contributed by atoms with van der Waals surface area (Å²) >= 11 is -2.06. The van der Waals surface area contributed by atoms with Crippen LogP contribution in [0.5, 0.6) is 5.75 Å². The van der Waals surface area contributed by atoms with E-state index in [1.165, 1.54) is 74.9 Å². The van der Waals surface area contributed by atoms with E-state index in [1.54, 1.807) is 0 Å². The highest BCUT2D eigenvalue weighted by molar-refractivity contribution is 7.92. The van der Waals surface area contributed by atoms with Crippen LogP contribution in [0.3, 0.4) is 0 Å². The molecule has 0 radical (unpaired) electrons. The molecule has 0 aliphatic rings. The van der Waals surface area contributed by atoms with E-state index in [0.29, 0.717) is 6.54 Å². The lowest BCUT2D eigenvalue weighted by Crippen LogP contribution is -2.39. The minimum Gasteiger partial charge on any atom is -0.395 e. The van der Waals surface area contributed by atoms with Gasteiger partial charge in [-0.25, -0.2) is 17.4 Å².